The van der Waals surface area contributed by atoms with E-state index in [2.05, 4.69) is 5.32 Å². The second-order valence-corrected chi connectivity index (χ2v) is 5.48. The normalized spacial score (nSPS) is 12.8. The van der Waals surface area contributed by atoms with Gasteiger partial charge in [-0.1, -0.05) is 19.1 Å². The van der Waals surface area contributed by atoms with Crippen molar-refractivity contribution in [2.24, 2.45) is 0 Å². The van der Waals surface area contributed by atoms with E-state index >= 15 is 0 Å². The van der Waals surface area contributed by atoms with Gasteiger partial charge >= 0.3 is 0 Å². The number of nitrogens with one attached hydrogen (secondary N) is 1. The summed E-state index contributed by atoms with van der Waals surface area (Å²) in [6.07, 6.45) is -0.0953. The Bertz CT molecular complexity index is 460. The number of hydrogen-bond acceptors (Lipinski definition) is 3. The van der Waals surface area contributed by atoms with E-state index in [1.165, 1.54) is 6.07 Å². The predicted octanol–water partition coefficient (Wildman–Crippen LogP) is 3.39. The van der Waals surface area contributed by atoms with Gasteiger partial charge in [-0.3, -0.25) is 0 Å². The zero-order valence-electron chi connectivity index (χ0n) is 12.0. The van der Waals surface area contributed by atoms with Crippen molar-refractivity contribution in [1.29, 1.82) is 5.26 Å². The molecule has 104 valence electrons. The molecule has 0 aromatic heterocycles. The third kappa shape index (κ3) is 4.88. The minimum atomic E-state index is -0.620. The number of nitriles is 1. The molecule has 1 atom stereocenters. The Hall–Kier alpha value is -1.60. The minimum absolute atomic E-state index is 0.0665. The molecule has 0 aliphatic rings. The molecule has 0 bridgehead atoms. The summed E-state index contributed by atoms with van der Waals surface area (Å²) in [4.78, 5) is 0. The third-order valence-electron chi connectivity index (χ3n) is 2.63. The Labute approximate surface area is 114 Å². The standard InChI is InChI=1S/C15H21FN2O/c1-5-12(9-17)19-14-11(7-6-8-13(14)16)10-18-15(2,3)4/h6-8,12,18H,5,10H2,1-4H3. The molecule has 1 N–H and O–H groups in total. The van der Waals surface area contributed by atoms with E-state index < -0.39 is 11.9 Å². The van der Waals surface area contributed by atoms with Gasteiger partial charge in [0.2, 0.25) is 0 Å². The van der Waals surface area contributed by atoms with Gasteiger partial charge in [0.1, 0.15) is 6.07 Å². The lowest BCUT2D eigenvalue weighted by molar-refractivity contribution is 0.236. The Kier molecular flexibility index (Phi) is 5.31. The van der Waals surface area contributed by atoms with E-state index in [0.717, 1.165) is 5.56 Å². The number of hydrogen-bond donors (Lipinski definition) is 1. The molecule has 0 saturated heterocycles. The minimum Gasteiger partial charge on any atom is -0.472 e. The molecular weight excluding hydrogens is 243 g/mol. The second-order valence-electron chi connectivity index (χ2n) is 5.48. The van der Waals surface area contributed by atoms with Crippen LogP contribution in [0.5, 0.6) is 5.75 Å². The highest BCUT2D eigenvalue weighted by Gasteiger charge is 2.16. The van der Waals surface area contributed by atoms with E-state index in [1.54, 1.807) is 12.1 Å². The molecule has 3 nitrogen and oxygen atoms in total. The summed E-state index contributed by atoms with van der Waals surface area (Å²) in [5.41, 5.74) is 0.659. The first-order valence-corrected chi connectivity index (χ1v) is 6.46. The largest absolute Gasteiger partial charge is 0.472 e. The Morgan fingerprint density at radius 2 is 2.11 bits per heavy atom. The molecule has 1 aromatic rings. The molecule has 0 spiro atoms. The van der Waals surface area contributed by atoms with Gasteiger partial charge in [0.15, 0.2) is 17.7 Å². The van der Waals surface area contributed by atoms with E-state index in [9.17, 15) is 4.39 Å². The average molecular weight is 264 g/mol. The molecule has 0 fully saturated rings. The molecular formula is C15H21FN2O. The molecule has 0 aliphatic heterocycles. The fourth-order valence-corrected chi connectivity index (χ4v) is 1.53. The second kappa shape index (κ2) is 6.53. The van der Waals surface area contributed by atoms with Crippen LogP contribution in [-0.4, -0.2) is 11.6 Å². The molecule has 19 heavy (non-hydrogen) atoms. The smallest absolute Gasteiger partial charge is 0.184 e. The first kappa shape index (κ1) is 15.5. The van der Waals surface area contributed by atoms with Crippen LogP contribution in [0.15, 0.2) is 18.2 Å². The maximum Gasteiger partial charge on any atom is 0.184 e. The number of nitrogens with zero attached hydrogens (tertiary/aromatic N) is 1. The number of rotatable bonds is 5. The lowest BCUT2D eigenvalue weighted by Gasteiger charge is -2.22. The highest BCUT2D eigenvalue weighted by Crippen LogP contribution is 2.25. The first-order chi connectivity index (χ1) is 8.87. The number of para-hydroxylation sites is 1. The summed E-state index contributed by atoms with van der Waals surface area (Å²) in [5, 5.41) is 12.2. The van der Waals surface area contributed by atoms with Crippen LogP contribution in [0.2, 0.25) is 0 Å². The quantitative estimate of drug-likeness (QED) is 0.886. The molecule has 1 rings (SSSR count). The van der Waals surface area contributed by atoms with Crippen LogP contribution in [0.25, 0.3) is 0 Å². The molecule has 4 heteroatoms. The van der Waals surface area contributed by atoms with Gasteiger partial charge in [-0.05, 0) is 33.3 Å². The maximum absolute atomic E-state index is 13.8. The maximum atomic E-state index is 13.8. The summed E-state index contributed by atoms with van der Waals surface area (Å²) in [7, 11) is 0. The van der Waals surface area contributed by atoms with Crippen molar-refractivity contribution in [3.63, 3.8) is 0 Å². The van der Waals surface area contributed by atoms with Gasteiger partial charge < -0.3 is 10.1 Å². The van der Waals surface area contributed by atoms with Crippen molar-refractivity contribution in [2.75, 3.05) is 0 Å². The SMILES string of the molecule is CCC(C#N)Oc1c(F)cccc1CNC(C)(C)C. The van der Waals surface area contributed by atoms with Crippen LogP contribution in [0.4, 0.5) is 4.39 Å². The molecule has 1 aromatic carbocycles. The molecule has 0 saturated carbocycles. The van der Waals surface area contributed by atoms with Crippen LogP contribution in [0, 0.1) is 17.1 Å². The van der Waals surface area contributed by atoms with Gasteiger partial charge in [0.05, 0.1) is 0 Å². The molecule has 1 unspecified atom stereocenters. The van der Waals surface area contributed by atoms with Gasteiger partial charge in [0, 0.05) is 17.6 Å². The summed E-state index contributed by atoms with van der Waals surface area (Å²) in [6.45, 7) is 8.45. The number of benzene rings is 1. The van der Waals surface area contributed by atoms with Gasteiger partial charge in [-0.25, -0.2) is 4.39 Å². The van der Waals surface area contributed by atoms with Crippen molar-refractivity contribution in [3.8, 4) is 11.8 Å². The van der Waals surface area contributed by atoms with E-state index in [4.69, 9.17) is 10.00 Å². The predicted molar refractivity (Wildman–Crippen MR) is 73.3 cm³/mol. The van der Waals surface area contributed by atoms with Crippen molar-refractivity contribution >= 4 is 0 Å². The first-order valence-electron chi connectivity index (χ1n) is 6.46. The third-order valence-corrected chi connectivity index (χ3v) is 2.63. The van der Waals surface area contributed by atoms with E-state index in [0.29, 0.717) is 13.0 Å². The average Bonchev–Trinajstić information content (AvgIpc) is 2.34. The number of halogens is 1. The topological polar surface area (TPSA) is 45.0 Å². The highest BCUT2D eigenvalue weighted by molar-refractivity contribution is 5.35. The van der Waals surface area contributed by atoms with E-state index in [1.807, 2.05) is 33.8 Å². The fourth-order valence-electron chi connectivity index (χ4n) is 1.53. The van der Waals surface area contributed by atoms with Gasteiger partial charge in [-0.15, -0.1) is 0 Å². The summed E-state index contributed by atoms with van der Waals surface area (Å²) in [6, 6.07) is 6.82. The molecule has 0 radical (unpaired) electrons. The lowest BCUT2D eigenvalue weighted by atomic mass is 10.1. The van der Waals surface area contributed by atoms with Crippen LogP contribution >= 0.6 is 0 Å². The summed E-state index contributed by atoms with van der Waals surface area (Å²) >= 11 is 0. The van der Waals surface area contributed by atoms with Gasteiger partial charge in [-0.2, -0.15) is 5.26 Å². The molecule has 0 heterocycles. The van der Waals surface area contributed by atoms with Gasteiger partial charge in [0.25, 0.3) is 0 Å². The van der Waals surface area contributed by atoms with E-state index in [-0.39, 0.29) is 11.3 Å². The fraction of sp³-hybridized carbons (Fsp3) is 0.533. The Morgan fingerprint density at radius 1 is 1.42 bits per heavy atom. The van der Waals surface area contributed by atoms with Crippen LogP contribution < -0.4 is 10.1 Å². The summed E-state index contributed by atoms with van der Waals surface area (Å²) in [5.74, 6) is -0.255. The van der Waals surface area contributed by atoms with Crippen LogP contribution in [0.3, 0.4) is 0 Å². The van der Waals surface area contributed by atoms with Crippen molar-refractivity contribution in [1.82, 2.24) is 5.32 Å². The zero-order chi connectivity index (χ0) is 14.5. The Morgan fingerprint density at radius 3 is 2.63 bits per heavy atom. The van der Waals surface area contributed by atoms with Crippen LogP contribution in [-0.2, 0) is 6.54 Å². The van der Waals surface area contributed by atoms with Crippen molar-refractivity contribution in [2.45, 2.75) is 52.3 Å². The monoisotopic (exact) mass is 264 g/mol. The Balaban J connectivity index is 2.92. The van der Waals surface area contributed by atoms with Crippen molar-refractivity contribution < 1.29 is 9.13 Å². The van der Waals surface area contributed by atoms with Crippen LogP contribution in [0.1, 0.15) is 39.7 Å². The number of ether oxygens (including phenoxy) is 1. The highest BCUT2D eigenvalue weighted by atomic mass is 19.1. The summed E-state index contributed by atoms with van der Waals surface area (Å²) < 4.78 is 19.3. The lowest BCUT2D eigenvalue weighted by Crippen LogP contribution is -2.35. The molecule has 0 amide bonds. The van der Waals surface area contributed by atoms with Crippen molar-refractivity contribution in [3.05, 3.63) is 29.6 Å². The zero-order valence-corrected chi connectivity index (χ0v) is 12.0. The molecule has 0 aliphatic carbocycles.